The summed E-state index contributed by atoms with van der Waals surface area (Å²) in [5.41, 5.74) is 5.45. The highest BCUT2D eigenvalue weighted by molar-refractivity contribution is 6.36. The van der Waals surface area contributed by atoms with Crippen molar-refractivity contribution < 1.29 is 0 Å². The second-order valence-electron chi connectivity index (χ2n) is 7.50. The molecule has 4 rings (SSSR count). The van der Waals surface area contributed by atoms with Crippen molar-refractivity contribution in [2.75, 3.05) is 13.1 Å². The molecule has 1 saturated carbocycles. The van der Waals surface area contributed by atoms with Gasteiger partial charge in [-0.1, -0.05) is 47.5 Å². The van der Waals surface area contributed by atoms with Crippen LogP contribution in [0, 0.1) is 12.8 Å². The third kappa shape index (κ3) is 4.45. The molecule has 0 saturated heterocycles. The smallest absolute Gasteiger partial charge is 0.0786 e. The average Bonchev–Trinajstić information content (AvgIpc) is 3.45. The van der Waals surface area contributed by atoms with Crippen molar-refractivity contribution in [2.24, 2.45) is 5.92 Å². The fourth-order valence-electron chi connectivity index (χ4n) is 3.63. The molecule has 27 heavy (non-hydrogen) atoms. The number of halogens is 2. The minimum Gasteiger partial charge on any atom is -0.316 e. The summed E-state index contributed by atoms with van der Waals surface area (Å²) in [6, 6.07) is 14.2. The Hall–Kier alpha value is -1.61. The van der Waals surface area contributed by atoms with Crippen molar-refractivity contribution in [3.63, 3.8) is 0 Å². The molecule has 0 amide bonds. The lowest BCUT2D eigenvalue weighted by Crippen LogP contribution is -2.18. The normalized spacial score (nSPS) is 14.0. The molecule has 4 heteroatoms. The summed E-state index contributed by atoms with van der Waals surface area (Å²) in [6.45, 7) is 4.31. The fraction of sp³-hybridized carbons (Fsp3) is 0.348. The second kappa shape index (κ2) is 8.18. The van der Waals surface area contributed by atoms with E-state index in [9.17, 15) is 0 Å². The van der Waals surface area contributed by atoms with Crippen LogP contribution in [0.2, 0.25) is 10.0 Å². The van der Waals surface area contributed by atoms with Crippen LogP contribution in [0.3, 0.4) is 0 Å². The van der Waals surface area contributed by atoms with Gasteiger partial charge in [0.2, 0.25) is 0 Å². The van der Waals surface area contributed by atoms with Crippen LogP contribution in [-0.2, 0) is 6.42 Å². The minimum absolute atomic E-state index is 0.646. The molecule has 0 spiro atoms. The summed E-state index contributed by atoms with van der Waals surface area (Å²) in [4.78, 5) is 4.84. The van der Waals surface area contributed by atoms with Crippen LogP contribution < -0.4 is 5.32 Å². The van der Waals surface area contributed by atoms with Crippen molar-refractivity contribution >= 4 is 34.1 Å². The van der Waals surface area contributed by atoms with Crippen LogP contribution in [0.4, 0.5) is 0 Å². The lowest BCUT2D eigenvalue weighted by Gasteiger charge is -2.13. The van der Waals surface area contributed by atoms with Crippen LogP contribution in [-0.4, -0.2) is 18.1 Å². The molecule has 0 bridgehead atoms. The molecule has 140 valence electrons. The molecule has 1 heterocycles. The van der Waals surface area contributed by atoms with Gasteiger partial charge in [0.15, 0.2) is 0 Å². The number of hydrogen-bond acceptors (Lipinski definition) is 2. The van der Waals surface area contributed by atoms with Gasteiger partial charge in [-0.15, -0.1) is 0 Å². The van der Waals surface area contributed by atoms with E-state index in [4.69, 9.17) is 28.2 Å². The summed E-state index contributed by atoms with van der Waals surface area (Å²) in [5.74, 6) is 0.931. The first kappa shape index (κ1) is 18.7. The van der Waals surface area contributed by atoms with Crippen molar-refractivity contribution in [3.05, 3.63) is 63.8 Å². The van der Waals surface area contributed by atoms with E-state index in [1.54, 1.807) is 6.07 Å². The Kier molecular flexibility index (Phi) is 5.68. The highest BCUT2D eigenvalue weighted by Gasteiger charge is 2.20. The summed E-state index contributed by atoms with van der Waals surface area (Å²) in [5, 5.41) is 6.10. The zero-order valence-electron chi connectivity index (χ0n) is 15.6. The highest BCUT2D eigenvalue weighted by Crippen LogP contribution is 2.35. The van der Waals surface area contributed by atoms with E-state index < -0.39 is 0 Å². The van der Waals surface area contributed by atoms with Gasteiger partial charge in [-0.2, -0.15) is 0 Å². The van der Waals surface area contributed by atoms with Crippen molar-refractivity contribution in [3.8, 4) is 11.1 Å². The number of aromatic nitrogens is 1. The molecule has 1 fully saturated rings. The predicted octanol–water partition coefficient (Wildman–Crippen LogP) is 6.45. The van der Waals surface area contributed by atoms with Gasteiger partial charge in [0.1, 0.15) is 0 Å². The number of hydrogen-bond donors (Lipinski definition) is 1. The molecule has 2 aromatic carbocycles. The Labute approximate surface area is 170 Å². The van der Waals surface area contributed by atoms with Gasteiger partial charge in [0.25, 0.3) is 0 Å². The lowest BCUT2D eigenvalue weighted by atomic mass is 9.97. The molecular formula is C23H24Cl2N2. The molecule has 1 N–H and O–H groups in total. The molecule has 0 atom stereocenters. The third-order valence-electron chi connectivity index (χ3n) is 5.20. The number of nitrogens with one attached hydrogen (secondary N) is 1. The van der Waals surface area contributed by atoms with Crippen LogP contribution in [0.15, 0.2) is 42.5 Å². The quantitative estimate of drug-likeness (QED) is 0.462. The first-order valence-corrected chi connectivity index (χ1v) is 10.4. The number of pyridine rings is 1. The Bertz CT molecular complexity index is 964. The SMILES string of the molecule is Cc1cc(CCCNCC2CC2)c2cccc(-c3ccc(Cl)cc3Cl)c2n1. The molecule has 1 aromatic heterocycles. The molecule has 1 aliphatic carbocycles. The van der Waals surface area contributed by atoms with E-state index in [0.29, 0.717) is 10.0 Å². The largest absolute Gasteiger partial charge is 0.316 e. The zero-order chi connectivity index (χ0) is 18.8. The van der Waals surface area contributed by atoms with Crippen LogP contribution >= 0.6 is 23.2 Å². The van der Waals surface area contributed by atoms with Crippen molar-refractivity contribution in [2.45, 2.75) is 32.6 Å². The summed E-state index contributed by atoms with van der Waals surface area (Å²) >= 11 is 12.5. The minimum atomic E-state index is 0.646. The Morgan fingerprint density at radius 3 is 2.70 bits per heavy atom. The van der Waals surface area contributed by atoms with Gasteiger partial charge < -0.3 is 5.32 Å². The summed E-state index contributed by atoms with van der Waals surface area (Å²) in [6.07, 6.45) is 4.99. The molecule has 3 aromatic rings. The van der Waals surface area contributed by atoms with Gasteiger partial charge in [0, 0.05) is 32.3 Å². The van der Waals surface area contributed by atoms with Crippen LogP contribution in [0.25, 0.3) is 22.0 Å². The predicted molar refractivity (Wildman–Crippen MR) is 116 cm³/mol. The van der Waals surface area contributed by atoms with Gasteiger partial charge in [-0.05, 0) is 75.4 Å². The Morgan fingerprint density at radius 2 is 1.93 bits per heavy atom. The van der Waals surface area contributed by atoms with E-state index in [2.05, 4.69) is 36.5 Å². The first-order chi connectivity index (χ1) is 13.1. The van der Waals surface area contributed by atoms with Crippen LogP contribution in [0.5, 0.6) is 0 Å². The van der Waals surface area contributed by atoms with E-state index in [-0.39, 0.29) is 0 Å². The Balaban J connectivity index is 1.63. The Morgan fingerprint density at radius 1 is 1.07 bits per heavy atom. The maximum Gasteiger partial charge on any atom is 0.0786 e. The number of nitrogens with zero attached hydrogens (tertiary/aromatic N) is 1. The molecular weight excluding hydrogens is 375 g/mol. The van der Waals surface area contributed by atoms with Crippen LogP contribution in [0.1, 0.15) is 30.5 Å². The summed E-state index contributed by atoms with van der Waals surface area (Å²) < 4.78 is 0. The van der Waals surface area contributed by atoms with Gasteiger partial charge in [0.05, 0.1) is 5.52 Å². The third-order valence-corrected chi connectivity index (χ3v) is 5.75. The number of aryl methyl sites for hydroxylation is 2. The topological polar surface area (TPSA) is 24.9 Å². The molecule has 0 aliphatic heterocycles. The molecule has 0 radical (unpaired) electrons. The monoisotopic (exact) mass is 398 g/mol. The number of rotatable bonds is 7. The molecule has 2 nitrogen and oxygen atoms in total. The van der Waals surface area contributed by atoms with E-state index in [1.165, 1.54) is 30.3 Å². The van der Waals surface area contributed by atoms with Gasteiger partial charge in [-0.3, -0.25) is 4.98 Å². The average molecular weight is 399 g/mol. The van der Waals surface area contributed by atoms with E-state index in [0.717, 1.165) is 47.6 Å². The standard InChI is InChI=1S/C23H24Cl2N2/c1-15-12-17(4-3-11-26-14-16-7-8-16)19-5-2-6-21(23(19)27-15)20-10-9-18(24)13-22(20)25/h2,5-6,9-10,12-13,16,26H,3-4,7-8,11,14H2,1H3. The highest BCUT2D eigenvalue weighted by atomic mass is 35.5. The number of para-hydroxylation sites is 1. The maximum atomic E-state index is 6.47. The van der Waals surface area contributed by atoms with Gasteiger partial charge >= 0.3 is 0 Å². The van der Waals surface area contributed by atoms with Crippen molar-refractivity contribution in [1.82, 2.24) is 10.3 Å². The molecule has 1 aliphatic rings. The summed E-state index contributed by atoms with van der Waals surface area (Å²) in [7, 11) is 0. The lowest BCUT2D eigenvalue weighted by molar-refractivity contribution is 0.614. The van der Waals surface area contributed by atoms with Crippen molar-refractivity contribution in [1.29, 1.82) is 0 Å². The van der Waals surface area contributed by atoms with Gasteiger partial charge in [-0.25, -0.2) is 0 Å². The van der Waals surface area contributed by atoms with E-state index >= 15 is 0 Å². The van der Waals surface area contributed by atoms with E-state index in [1.807, 2.05) is 12.1 Å². The maximum absolute atomic E-state index is 6.47. The molecule has 0 unspecified atom stereocenters. The fourth-order valence-corrected chi connectivity index (χ4v) is 4.14. The number of fused-ring (bicyclic) bond motifs is 1. The number of benzene rings is 2. The zero-order valence-corrected chi connectivity index (χ0v) is 17.1. The second-order valence-corrected chi connectivity index (χ2v) is 8.34. The first-order valence-electron chi connectivity index (χ1n) is 9.67.